The Morgan fingerprint density at radius 1 is 1.07 bits per heavy atom. The molecule has 4 rings (SSSR count). The first-order valence-electron chi connectivity index (χ1n) is 9.15. The molecule has 10 heteroatoms. The van der Waals surface area contributed by atoms with Gasteiger partial charge in [-0.3, -0.25) is 14.8 Å². The molecule has 1 aromatic carbocycles. The molecule has 4 aromatic rings. The standard InChI is InChI=1S/C20H19Cl2N5O3/c1-29-14-7-15(30-2)18(22)16(17(14)21)11-6-13-20(23-8-11)19(26-25-13)12-9-24-27(10-12)4-3-5-28/h6-10,28H,3-5H2,1-2H3,(H,25,26). The van der Waals surface area contributed by atoms with Gasteiger partial charge >= 0.3 is 0 Å². The number of aliphatic hydroxyl groups excluding tert-OH is 1. The van der Waals surface area contributed by atoms with Gasteiger partial charge in [0.1, 0.15) is 22.7 Å². The van der Waals surface area contributed by atoms with Crippen LogP contribution in [0.2, 0.25) is 10.0 Å². The zero-order chi connectivity index (χ0) is 21.3. The molecule has 30 heavy (non-hydrogen) atoms. The van der Waals surface area contributed by atoms with Gasteiger partial charge in [0.2, 0.25) is 0 Å². The summed E-state index contributed by atoms with van der Waals surface area (Å²) in [6, 6.07) is 3.52. The van der Waals surface area contributed by atoms with Crippen molar-refractivity contribution in [2.24, 2.45) is 0 Å². The van der Waals surface area contributed by atoms with Crippen LogP contribution in [0.25, 0.3) is 33.4 Å². The van der Waals surface area contributed by atoms with E-state index in [1.165, 1.54) is 14.2 Å². The summed E-state index contributed by atoms with van der Waals surface area (Å²) in [4.78, 5) is 4.59. The molecule has 0 saturated carbocycles. The van der Waals surface area contributed by atoms with Gasteiger partial charge in [0.25, 0.3) is 0 Å². The molecule has 156 valence electrons. The van der Waals surface area contributed by atoms with Crippen molar-refractivity contribution in [1.29, 1.82) is 0 Å². The molecule has 0 saturated heterocycles. The predicted octanol–water partition coefficient (Wildman–Crippen LogP) is 4.19. The lowest BCUT2D eigenvalue weighted by Gasteiger charge is -2.14. The van der Waals surface area contributed by atoms with Crippen LogP contribution in [0.5, 0.6) is 11.5 Å². The summed E-state index contributed by atoms with van der Waals surface area (Å²) in [7, 11) is 3.06. The van der Waals surface area contributed by atoms with Gasteiger partial charge in [-0.1, -0.05) is 23.2 Å². The Labute approximate surface area is 182 Å². The fourth-order valence-corrected chi connectivity index (χ4v) is 3.94. The maximum Gasteiger partial charge on any atom is 0.141 e. The average Bonchev–Trinajstić information content (AvgIpc) is 3.39. The van der Waals surface area contributed by atoms with E-state index in [2.05, 4.69) is 20.3 Å². The number of hydrogen-bond acceptors (Lipinski definition) is 6. The quantitative estimate of drug-likeness (QED) is 0.440. The maximum atomic E-state index is 8.98. The minimum Gasteiger partial charge on any atom is -0.495 e. The van der Waals surface area contributed by atoms with Crippen molar-refractivity contribution in [3.05, 3.63) is 40.8 Å². The van der Waals surface area contributed by atoms with Crippen LogP contribution in [0.1, 0.15) is 6.42 Å². The minimum atomic E-state index is 0.116. The molecule has 2 N–H and O–H groups in total. The van der Waals surface area contributed by atoms with Crippen LogP contribution in [-0.4, -0.2) is 50.9 Å². The van der Waals surface area contributed by atoms with Crippen LogP contribution in [0.4, 0.5) is 0 Å². The number of methoxy groups -OCH3 is 2. The molecule has 0 aliphatic rings. The second-order valence-electron chi connectivity index (χ2n) is 6.55. The van der Waals surface area contributed by atoms with E-state index in [1.54, 1.807) is 23.1 Å². The molecule has 0 bridgehead atoms. The van der Waals surface area contributed by atoms with Crippen molar-refractivity contribution >= 4 is 34.2 Å². The topological polar surface area (TPSA) is 98.1 Å². The SMILES string of the molecule is COc1cc(OC)c(Cl)c(-c2cnc3c(-c4cnn(CCCO)c4)n[nH]c3c2)c1Cl. The summed E-state index contributed by atoms with van der Waals surface area (Å²) in [5.74, 6) is 0.905. The molecule has 0 atom stereocenters. The number of nitrogens with zero attached hydrogens (tertiary/aromatic N) is 4. The smallest absolute Gasteiger partial charge is 0.141 e. The Morgan fingerprint density at radius 2 is 1.80 bits per heavy atom. The second-order valence-corrected chi connectivity index (χ2v) is 7.30. The van der Waals surface area contributed by atoms with Crippen molar-refractivity contribution in [1.82, 2.24) is 25.0 Å². The lowest BCUT2D eigenvalue weighted by Crippen LogP contribution is -1.99. The number of pyridine rings is 1. The normalized spacial score (nSPS) is 11.2. The van der Waals surface area contributed by atoms with E-state index < -0.39 is 0 Å². The third kappa shape index (κ3) is 3.58. The van der Waals surface area contributed by atoms with Crippen molar-refractivity contribution < 1.29 is 14.6 Å². The number of aromatic nitrogens is 5. The van der Waals surface area contributed by atoms with Crippen LogP contribution in [0.15, 0.2) is 30.7 Å². The van der Waals surface area contributed by atoms with Crippen molar-refractivity contribution in [2.45, 2.75) is 13.0 Å². The van der Waals surface area contributed by atoms with Crippen LogP contribution in [0.3, 0.4) is 0 Å². The number of rotatable bonds is 7. The summed E-state index contributed by atoms with van der Waals surface area (Å²) >= 11 is 13.1. The molecule has 0 radical (unpaired) electrons. The van der Waals surface area contributed by atoms with Crippen LogP contribution < -0.4 is 9.47 Å². The number of ether oxygens (including phenoxy) is 2. The number of halogens is 2. The van der Waals surface area contributed by atoms with E-state index in [9.17, 15) is 0 Å². The first-order chi connectivity index (χ1) is 14.6. The first-order valence-corrected chi connectivity index (χ1v) is 9.91. The molecule has 8 nitrogen and oxygen atoms in total. The fraction of sp³-hybridized carbons (Fsp3) is 0.250. The number of aliphatic hydroxyl groups is 1. The Balaban J connectivity index is 1.77. The highest BCUT2D eigenvalue weighted by Gasteiger charge is 2.20. The Kier molecular flexibility index (Phi) is 5.80. The molecule has 0 amide bonds. The van der Waals surface area contributed by atoms with Gasteiger partial charge in [0.15, 0.2) is 0 Å². The largest absolute Gasteiger partial charge is 0.495 e. The summed E-state index contributed by atoms with van der Waals surface area (Å²) in [6.07, 6.45) is 5.92. The molecule has 0 unspecified atom stereocenters. The molecule has 0 aliphatic heterocycles. The first kappa shape index (κ1) is 20.5. The molecule has 3 heterocycles. The van der Waals surface area contributed by atoms with E-state index in [-0.39, 0.29) is 6.61 Å². The third-order valence-corrected chi connectivity index (χ3v) is 5.46. The minimum absolute atomic E-state index is 0.116. The van der Waals surface area contributed by atoms with E-state index in [0.717, 1.165) is 11.1 Å². The summed E-state index contributed by atoms with van der Waals surface area (Å²) < 4.78 is 12.5. The van der Waals surface area contributed by atoms with E-state index in [1.807, 2.05) is 12.3 Å². The van der Waals surface area contributed by atoms with Gasteiger partial charge < -0.3 is 14.6 Å². The number of H-pyrrole nitrogens is 1. The third-order valence-electron chi connectivity index (χ3n) is 4.71. The Bertz CT molecular complexity index is 1180. The zero-order valence-corrected chi connectivity index (χ0v) is 17.8. The predicted molar refractivity (Wildman–Crippen MR) is 115 cm³/mol. The number of hydrogen-bond donors (Lipinski definition) is 2. The molecular weight excluding hydrogens is 429 g/mol. The fourth-order valence-electron chi connectivity index (χ4n) is 3.23. The highest BCUT2D eigenvalue weighted by molar-refractivity contribution is 6.41. The monoisotopic (exact) mass is 447 g/mol. The number of benzene rings is 1. The van der Waals surface area contributed by atoms with Crippen molar-refractivity contribution in [3.63, 3.8) is 0 Å². The summed E-state index contributed by atoms with van der Waals surface area (Å²) in [6.45, 7) is 0.746. The van der Waals surface area contributed by atoms with E-state index >= 15 is 0 Å². The average molecular weight is 448 g/mol. The lowest BCUT2D eigenvalue weighted by molar-refractivity contribution is 0.277. The molecular formula is C20H19Cl2N5O3. The lowest BCUT2D eigenvalue weighted by atomic mass is 10.1. The molecule has 3 aromatic heterocycles. The summed E-state index contributed by atoms with van der Waals surface area (Å²) in [5, 5.41) is 21.4. The number of nitrogens with one attached hydrogen (secondary N) is 1. The van der Waals surface area contributed by atoms with Gasteiger partial charge in [-0.2, -0.15) is 10.2 Å². The van der Waals surface area contributed by atoms with Gasteiger partial charge in [-0.25, -0.2) is 0 Å². The maximum absolute atomic E-state index is 8.98. The highest BCUT2D eigenvalue weighted by atomic mass is 35.5. The molecule has 0 aliphatic carbocycles. The van der Waals surface area contributed by atoms with Crippen molar-refractivity contribution in [3.8, 4) is 33.9 Å². The van der Waals surface area contributed by atoms with Gasteiger partial charge in [0, 0.05) is 48.3 Å². The Hall–Kier alpha value is -2.81. The highest BCUT2D eigenvalue weighted by Crippen LogP contribution is 2.46. The van der Waals surface area contributed by atoms with Gasteiger partial charge in [-0.05, 0) is 12.5 Å². The van der Waals surface area contributed by atoms with Gasteiger partial charge in [-0.15, -0.1) is 0 Å². The van der Waals surface area contributed by atoms with Crippen LogP contribution in [-0.2, 0) is 6.54 Å². The van der Waals surface area contributed by atoms with E-state index in [4.69, 9.17) is 37.8 Å². The van der Waals surface area contributed by atoms with Crippen LogP contribution >= 0.6 is 23.2 Å². The second kappa shape index (κ2) is 8.51. The van der Waals surface area contributed by atoms with E-state index in [0.29, 0.717) is 56.8 Å². The van der Waals surface area contributed by atoms with Crippen LogP contribution in [0, 0.1) is 0 Å². The number of aryl methyl sites for hydroxylation is 1. The summed E-state index contributed by atoms with van der Waals surface area (Å²) in [5.41, 5.74) is 4.20. The van der Waals surface area contributed by atoms with Gasteiger partial charge in [0.05, 0.1) is 36.0 Å². The van der Waals surface area contributed by atoms with Crippen molar-refractivity contribution in [2.75, 3.05) is 20.8 Å². The zero-order valence-electron chi connectivity index (χ0n) is 16.3. The number of aromatic amines is 1. The molecule has 0 fully saturated rings. The molecule has 0 spiro atoms. The number of fused-ring (bicyclic) bond motifs is 1. The Morgan fingerprint density at radius 3 is 2.47 bits per heavy atom.